The molecule has 1 aliphatic heterocycles. The molecule has 3 rings (SSSR count). The van der Waals surface area contributed by atoms with E-state index in [1.165, 1.54) is 70.6 Å². The molecule has 3 aliphatic rings. The van der Waals surface area contributed by atoms with Gasteiger partial charge in [-0.25, -0.2) is 0 Å². The van der Waals surface area contributed by atoms with Gasteiger partial charge in [0.25, 0.3) is 0 Å². The third-order valence-electron chi connectivity index (χ3n) is 5.83. The summed E-state index contributed by atoms with van der Waals surface area (Å²) in [6, 6.07) is 0. The first-order valence-corrected chi connectivity index (χ1v) is 8.63. The van der Waals surface area contributed by atoms with Crippen molar-refractivity contribution in [3.63, 3.8) is 0 Å². The Kier molecular flexibility index (Phi) is 4.48. The highest BCUT2D eigenvalue weighted by Crippen LogP contribution is 2.43. The molecule has 0 radical (unpaired) electrons. The van der Waals surface area contributed by atoms with Crippen LogP contribution in [0.1, 0.15) is 83.5 Å². The molecule has 0 aromatic rings. The second kappa shape index (κ2) is 6.13. The first-order chi connectivity index (χ1) is 9.27. The van der Waals surface area contributed by atoms with Crippen LogP contribution in [0.4, 0.5) is 0 Å². The van der Waals surface area contributed by atoms with Gasteiger partial charge in [-0.1, -0.05) is 32.1 Å². The van der Waals surface area contributed by atoms with Gasteiger partial charge < -0.3 is 9.84 Å². The standard InChI is InChI=1S/C17H30O2/c18-16(14-6-2-3-7-14)9-8-15-10-13-17(19-15)11-4-1-5-12-17/h14-16,18H,1-13H2. The topological polar surface area (TPSA) is 29.5 Å². The van der Waals surface area contributed by atoms with Gasteiger partial charge in [0.1, 0.15) is 0 Å². The van der Waals surface area contributed by atoms with E-state index in [1.54, 1.807) is 0 Å². The maximum absolute atomic E-state index is 10.3. The van der Waals surface area contributed by atoms with Crippen molar-refractivity contribution in [1.29, 1.82) is 0 Å². The Morgan fingerprint density at radius 1 is 0.947 bits per heavy atom. The minimum absolute atomic E-state index is 0.0611. The first kappa shape index (κ1) is 13.9. The number of aliphatic hydroxyl groups is 1. The minimum atomic E-state index is -0.0611. The van der Waals surface area contributed by atoms with Crippen molar-refractivity contribution < 1.29 is 9.84 Å². The first-order valence-electron chi connectivity index (χ1n) is 8.63. The molecular formula is C17H30O2. The van der Waals surface area contributed by atoms with Crippen molar-refractivity contribution in [1.82, 2.24) is 0 Å². The van der Waals surface area contributed by atoms with Crippen LogP contribution >= 0.6 is 0 Å². The quantitative estimate of drug-likeness (QED) is 0.826. The number of rotatable bonds is 4. The van der Waals surface area contributed by atoms with Crippen LogP contribution in [-0.2, 0) is 4.74 Å². The minimum Gasteiger partial charge on any atom is -0.393 e. The average Bonchev–Trinajstić information content (AvgIpc) is 3.08. The van der Waals surface area contributed by atoms with E-state index in [-0.39, 0.29) is 11.7 Å². The number of ether oxygens (including phenoxy) is 1. The summed E-state index contributed by atoms with van der Waals surface area (Å²) in [5.41, 5.74) is 0.251. The van der Waals surface area contributed by atoms with Crippen LogP contribution in [0.5, 0.6) is 0 Å². The number of hydrogen-bond acceptors (Lipinski definition) is 2. The molecule has 2 saturated carbocycles. The maximum Gasteiger partial charge on any atom is 0.0687 e. The summed E-state index contributed by atoms with van der Waals surface area (Å²) in [4.78, 5) is 0. The lowest BCUT2D eigenvalue weighted by atomic mass is 9.83. The molecule has 110 valence electrons. The molecule has 0 aromatic heterocycles. The Morgan fingerprint density at radius 3 is 2.42 bits per heavy atom. The summed E-state index contributed by atoms with van der Waals surface area (Å²) in [5, 5.41) is 10.3. The molecule has 2 atom stereocenters. The van der Waals surface area contributed by atoms with Crippen LogP contribution in [0.2, 0.25) is 0 Å². The normalized spacial score (nSPS) is 33.0. The molecule has 2 heteroatoms. The van der Waals surface area contributed by atoms with Crippen LogP contribution in [0, 0.1) is 5.92 Å². The molecule has 2 aliphatic carbocycles. The SMILES string of the molecule is OC(CCC1CCC2(CCCCC2)O1)C1CCCC1. The van der Waals surface area contributed by atoms with Gasteiger partial charge in [0.2, 0.25) is 0 Å². The van der Waals surface area contributed by atoms with E-state index in [2.05, 4.69) is 0 Å². The van der Waals surface area contributed by atoms with E-state index in [0.717, 1.165) is 12.8 Å². The largest absolute Gasteiger partial charge is 0.393 e. The van der Waals surface area contributed by atoms with Crippen LogP contribution in [0.15, 0.2) is 0 Å². The molecule has 1 heterocycles. The predicted molar refractivity (Wildman–Crippen MR) is 77.1 cm³/mol. The van der Waals surface area contributed by atoms with Crippen LogP contribution in [0.25, 0.3) is 0 Å². The third kappa shape index (κ3) is 3.33. The van der Waals surface area contributed by atoms with Crippen molar-refractivity contribution in [2.75, 3.05) is 0 Å². The summed E-state index contributed by atoms with van der Waals surface area (Å²) in [5.74, 6) is 0.588. The van der Waals surface area contributed by atoms with Crippen molar-refractivity contribution in [3.8, 4) is 0 Å². The predicted octanol–water partition coefficient (Wildman–Crippen LogP) is 4.20. The van der Waals surface area contributed by atoms with Gasteiger partial charge >= 0.3 is 0 Å². The summed E-state index contributed by atoms with van der Waals surface area (Å²) in [6.07, 6.45) is 16.8. The Hall–Kier alpha value is -0.0800. The number of hydrogen-bond donors (Lipinski definition) is 1. The summed E-state index contributed by atoms with van der Waals surface area (Å²) in [7, 11) is 0. The molecule has 3 fully saturated rings. The van der Waals surface area contributed by atoms with Gasteiger partial charge in [-0.15, -0.1) is 0 Å². The lowest BCUT2D eigenvalue weighted by Crippen LogP contribution is -2.32. The van der Waals surface area contributed by atoms with Gasteiger partial charge in [-0.3, -0.25) is 0 Å². The summed E-state index contributed by atoms with van der Waals surface area (Å²) < 4.78 is 6.39. The molecular weight excluding hydrogens is 236 g/mol. The smallest absolute Gasteiger partial charge is 0.0687 e. The Bertz CT molecular complexity index is 277. The third-order valence-corrected chi connectivity index (χ3v) is 5.83. The molecule has 19 heavy (non-hydrogen) atoms. The van der Waals surface area contributed by atoms with Crippen LogP contribution < -0.4 is 0 Å². The maximum atomic E-state index is 10.3. The van der Waals surface area contributed by atoms with Crippen molar-refractivity contribution >= 4 is 0 Å². The summed E-state index contributed by atoms with van der Waals surface area (Å²) in [6.45, 7) is 0. The lowest BCUT2D eigenvalue weighted by Gasteiger charge is -2.33. The van der Waals surface area contributed by atoms with Crippen LogP contribution in [-0.4, -0.2) is 22.9 Å². The molecule has 1 spiro atoms. The van der Waals surface area contributed by atoms with E-state index in [9.17, 15) is 5.11 Å². The Labute approximate surface area is 117 Å². The molecule has 1 N–H and O–H groups in total. The fourth-order valence-corrected chi connectivity index (χ4v) is 4.60. The zero-order valence-corrected chi connectivity index (χ0v) is 12.3. The highest BCUT2D eigenvalue weighted by molar-refractivity contribution is 4.91. The highest BCUT2D eigenvalue weighted by Gasteiger charge is 2.40. The van der Waals surface area contributed by atoms with Gasteiger partial charge in [-0.05, 0) is 57.3 Å². The van der Waals surface area contributed by atoms with Crippen molar-refractivity contribution in [3.05, 3.63) is 0 Å². The lowest BCUT2D eigenvalue weighted by molar-refractivity contribution is -0.0696. The van der Waals surface area contributed by atoms with Gasteiger partial charge in [0.15, 0.2) is 0 Å². The molecule has 0 bridgehead atoms. The second-order valence-corrected chi connectivity index (χ2v) is 7.21. The van der Waals surface area contributed by atoms with Crippen LogP contribution in [0.3, 0.4) is 0 Å². The summed E-state index contributed by atoms with van der Waals surface area (Å²) >= 11 is 0. The van der Waals surface area contributed by atoms with E-state index < -0.39 is 0 Å². The molecule has 2 nitrogen and oxygen atoms in total. The molecule has 1 saturated heterocycles. The van der Waals surface area contributed by atoms with E-state index in [1.807, 2.05) is 0 Å². The van der Waals surface area contributed by atoms with E-state index >= 15 is 0 Å². The van der Waals surface area contributed by atoms with Crippen molar-refractivity contribution in [2.45, 2.75) is 101 Å². The molecule has 0 aromatic carbocycles. The second-order valence-electron chi connectivity index (χ2n) is 7.21. The number of aliphatic hydroxyl groups excluding tert-OH is 1. The van der Waals surface area contributed by atoms with E-state index in [4.69, 9.17) is 4.74 Å². The zero-order valence-electron chi connectivity index (χ0n) is 12.3. The zero-order chi connectivity index (χ0) is 13.1. The van der Waals surface area contributed by atoms with Gasteiger partial charge in [0, 0.05) is 0 Å². The van der Waals surface area contributed by atoms with Gasteiger partial charge in [0.05, 0.1) is 17.8 Å². The Morgan fingerprint density at radius 2 is 1.68 bits per heavy atom. The Balaban J connectivity index is 1.41. The molecule has 2 unspecified atom stereocenters. The van der Waals surface area contributed by atoms with E-state index in [0.29, 0.717) is 12.0 Å². The monoisotopic (exact) mass is 266 g/mol. The highest BCUT2D eigenvalue weighted by atomic mass is 16.5. The average molecular weight is 266 g/mol. The fraction of sp³-hybridized carbons (Fsp3) is 1.00. The van der Waals surface area contributed by atoms with Crippen molar-refractivity contribution in [2.24, 2.45) is 5.92 Å². The molecule has 0 amide bonds. The van der Waals surface area contributed by atoms with Gasteiger partial charge in [-0.2, -0.15) is 0 Å². The fourth-order valence-electron chi connectivity index (χ4n) is 4.60.